The van der Waals surface area contributed by atoms with Crippen molar-refractivity contribution in [3.8, 4) is 33.4 Å². The zero-order chi connectivity index (χ0) is 38.2. The number of fused-ring (bicyclic) bond motifs is 9. The van der Waals surface area contributed by atoms with Crippen molar-refractivity contribution in [3.05, 3.63) is 200 Å². The fourth-order valence-corrected chi connectivity index (χ4v) is 8.82. The van der Waals surface area contributed by atoms with Crippen molar-refractivity contribution >= 4 is 82.9 Å². The van der Waals surface area contributed by atoms with Crippen molar-refractivity contribution in [1.82, 2.24) is 0 Å². The Labute approximate surface area is 333 Å². The van der Waals surface area contributed by atoms with Gasteiger partial charge in [0.2, 0.25) is 0 Å². The number of hydrogen-bond donors (Lipinski definition) is 0. The van der Waals surface area contributed by atoms with Gasteiger partial charge in [-0.2, -0.15) is 0 Å². The van der Waals surface area contributed by atoms with E-state index in [2.05, 4.69) is 175 Å². The molecule has 0 atom stereocenters. The Morgan fingerprint density at radius 2 is 0.845 bits per heavy atom. The summed E-state index contributed by atoms with van der Waals surface area (Å²) in [6.45, 7) is 0. The molecule has 0 aliphatic rings. The van der Waals surface area contributed by atoms with Crippen molar-refractivity contribution in [1.29, 1.82) is 0 Å². The lowest BCUT2D eigenvalue weighted by Gasteiger charge is -2.27. The quantitative estimate of drug-likeness (QED) is 0.170. The highest BCUT2D eigenvalue weighted by molar-refractivity contribution is 6.20. The fourth-order valence-electron chi connectivity index (χ4n) is 8.82. The van der Waals surface area contributed by atoms with E-state index in [0.29, 0.717) is 0 Å². The summed E-state index contributed by atoms with van der Waals surface area (Å²) in [5, 5.41) is 6.45. The molecule has 4 nitrogen and oxygen atoms in total. The third-order valence-electron chi connectivity index (χ3n) is 11.5. The van der Waals surface area contributed by atoms with Gasteiger partial charge in [-0.25, -0.2) is 0 Å². The Morgan fingerprint density at radius 1 is 0.293 bits per heavy atom. The number of nitrogens with zero attached hydrogens (tertiary/aromatic N) is 1. The molecule has 0 radical (unpaired) electrons. The number of furan rings is 3. The summed E-state index contributed by atoms with van der Waals surface area (Å²) in [5.74, 6) is 0. The molecule has 0 bridgehead atoms. The molecule has 12 aromatic rings. The molecule has 0 spiro atoms. The van der Waals surface area contributed by atoms with Crippen LogP contribution in [0.25, 0.3) is 99.2 Å². The average molecular weight is 744 g/mol. The Hall–Kier alpha value is -7.82. The molecule has 4 heteroatoms. The predicted molar refractivity (Wildman–Crippen MR) is 239 cm³/mol. The minimum atomic E-state index is 0.839. The summed E-state index contributed by atoms with van der Waals surface area (Å²) >= 11 is 0. The molecule has 58 heavy (non-hydrogen) atoms. The second-order valence-electron chi connectivity index (χ2n) is 14.8. The van der Waals surface area contributed by atoms with Crippen LogP contribution in [-0.4, -0.2) is 0 Å². The highest BCUT2D eigenvalue weighted by Gasteiger charge is 2.25. The van der Waals surface area contributed by atoms with E-state index < -0.39 is 0 Å². The van der Waals surface area contributed by atoms with E-state index in [9.17, 15) is 0 Å². The largest absolute Gasteiger partial charge is 0.456 e. The normalized spacial score (nSPS) is 11.8. The van der Waals surface area contributed by atoms with Crippen LogP contribution in [0, 0.1) is 0 Å². The third-order valence-corrected chi connectivity index (χ3v) is 11.5. The zero-order valence-corrected chi connectivity index (χ0v) is 31.2. The van der Waals surface area contributed by atoms with Crippen LogP contribution in [0.3, 0.4) is 0 Å². The van der Waals surface area contributed by atoms with Gasteiger partial charge in [-0.15, -0.1) is 0 Å². The summed E-state index contributed by atoms with van der Waals surface area (Å²) in [4.78, 5) is 2.37. The van der Waals surface area contributed by atoms with E-state index in [0.717, 1.165) is 116 Å². The lowest BCUT2D eigenvalue weighted by atomic mass is 9.98. The topological polar surface area (TPSA) is 42.7 Å². The minimum Gasteiger partial charge on any atom is -0.456 e. The van der Waals surface area contributed by atoms with E-state index in [1.54, 1.807) is 0 Å². The lowest BCUT2D eigenvalue weighted by Crippen LogP contribution is -2.11. The standard InChI is InChI=1S/C54H33NO3/c1-3-13-35(14-4-1)39-19-11-20-41-44-33-37(27-32-49(44)57-53(39)41)34-25-28-38(29-26-34)55(45-21-12-24-50-51(45)42-17-7-9-22-47(42)56-50)46-31-30-40(36-15-5-2-6-16-36)54-52(46)43-18-8-10-23-48(43)58-54/h1-33H. The maximum absolute atomic E-state index is 6.76. The summed E-state index contributed by atoms with van der Waals surface area (Å²) < 4.78 is 19.7. The van der Waals surface area contributed by atoms with Crippen LogP contribution in [0.2, 0.25) is 0 Å². The van der Waals surface area contributed by atoms with Crippen LogP contribution >= 0.6 is 0 Å². The van der Waals surface area contributed by atoms with Gasteiger partial charge >= 0.3 is 0 Å². The van der Waals surface area contributed by atoms with Gasteiger partial charge in [0.25, 0.3) is 0 Å². The van der Waals surface area contributed by atoms with Gasteiger partial charge in [-0.1, -0.05) is 140 Å². The molecular formula is C54H33NO3. The molecule has 0 aliphatic carbocycles. The van der Waals surface area contributed by atoms with Gasteiger partial charge < -0.3 is 18.2 Å². The van der Waals surface area contributed by atoms with Crippen LogP contribution in [0.5, 0.6) is 0 Å². The minimum absolute atomic E-state index is 0.839. The molecule has 9 aromatic carbocycles. The molecule has 0 fully saturated rings. The highest BCUT2D eigenvalue weighted by Crippen LogP contribution is 2.49. The number of hydrogen-bond acceptors (Lipinski definition) is 4. The van der Waals surface area contributed by atoms with Crippen molar-refractivity contribution in [2.24, 2.45) is 0 Å². The third kappa shape index (κ3) is 5.02. The van der Waals surface area contributed by atoms with Crippen LogP contribution in [0.4, 0.5) is 17.1 Å². The number of rotatable bonds is 6. The molecule has 3 aromatic heterocycles. The first-order valence-electron chi connectivity index (χ1n) is 19.6. The summed E-state index contributed by atoms with van der Waals surface area (Å²) in [6, 6.07) is 70.1. The second-order valence-corrected chi connectivity index (χ2v) is 14.8. The highest BCUT2D eigenvalue weighted by atomic mass is 16.3. The van der Waals surface area contributed by atoms with Crippen molar-refractivity contribution in [2.45, 2.75) is 0 Å². The van der Waals surface area contributed by atoms with Crippen LogP contribution < -0.4 is 4.90 Å². The molecule has 0 amide bonds. The van der Waals surface area contributed by atoms with E-state index in [-0.39, 0.29) is 0 Å². The maximum Gasteiger partial charge on any atom is 0.145 e. The molecule has 12 rings (SSSR count). The van der Waals surface area contributed by atoms with Crippen molar-refractivity contribution in [2.75, 3.05) is 4.90 Å². The van der Waals surface area contributed by atoms with E-state index in [1.165, 1.54) is 0 Å². The van der Waals surface area contributed by atoms with Gasteiger partial charge in [0.1, 0.15) is 33.5 Å². The Morgan fingerprint density at radius 3 is 1.60 bits per heavy atom. The van der Waals surface area contributed by atoms with Crippen LogP contribution in [0.15, 0.2) is 213 Å². The van der Waals surface area contributed by atoms with Crippen molar-refractivity contribution < 1.29 is 13.3 Å². The van der Waals surface area contributed by atoms with Gasteiger partial charge in [0.05, 0.1) is 22.1 Å². The predicted octanol–water partition coefficient (Wildman–Crippen LogP) is 15.9. The van der Waals surface area contributed by atoms with E-state index >= 15 is 0 Å². The van der Waals surface area contributed by atoms with E-state index in [4.69, 9.17) is 13.3 Å². The molecule has 0 aliphatic heterocycles. The van der Waals surface area contributed by atoms with Gasteiger partial charge in [0, 0.05) is 38.4 Å². The molecular weight excluding hydrogens is 711 g/mol. The van der Waals surface area contributed by atoms with Crippen LogP contribution in [0.1, 0.15) is 0 Å². The summed E-state index contributed by atoms with van der Waals surface area (Å²) in [6.07, 6.45) is 0. The fraction of sp³-hybridized carbons (Fsp3) is 0. The Balaban J connectivity index is 1.06. The molecule has 0 unspecified atom stereocenters. The smallest absolute Gasteiger partial charge is 0.145 e. The van der Waals surface area contributed by atoms with E-state index in [1.807, 2.05) is 30.3 Å². The molecule has 272 valence electrons. The number of para-hydroxylation sites is 3. The lowest BCUT2D eigenvalue weighted by molar-refractivity contribution is 0.669. The van der Waals surface area contributed by atoms with Crippen LogP contribution in [-0.2, 0) is 0 Å². The Kier molecular flexibility index (Phi) is 7.20. The first-order valence-corrected chi connectivity index (χ1v) is 19.6. The first-order chi connectivity index (χ1) is 28.8. The first kappa shape index (κ1) is 32.4. The molecule has 0 saturated heterocycles. The second kappa shape index (κ2) is 12.9. The number of anilines is 3. The van der Waals surface area contributed by atoms with Gasteiger partial charge in [0.15, 0.2) is 0 Å². The Bertz CT molecular complexity index is 3500. The monoisotopic (exact) mass is 743 g/mol. The van der Waals surface area contributed by atoms with Gasteiger partial charge in [-0.3, -0.25) is 0 Å². The van der Waals surface area contributed by atoms with Crippen molar-refractivity contribution in [3.63, 3.8) is 0 Å². The average Bonchev–Trinajstić information content (AvgIpc) is 3.99. The maximum atomic E-state index is 6.76. The SMILES string of the molecule is c1ccc(-c2cccc3c2oc2ccc(-c4ccc(N(c5cccc6oc7ccccc7c56)c5ccc(-c6ccccc6)c6oc7ccccc7c56)cc4)cc23)cc1. The summed E-state index contributed by atoms with van der Waals surface area (Å²) in [5.41, 5.74) is 14.9. The molecule has 0 N–H and O–H groups in total. The molecule has 3 heterocycles. The number of benzene rings is 9. The molecule has 0 saturated carbocycles. The van der Waals surface area contributed by atoms with Gasteiger partial charge in [-0.05, 0) is 82.9 Å². The summed E-state index contributed by atoms with van der Waals surface area (Å²) in [7, 11) is 0. The zero-order valence-electron chi connectivity index (χ0n) is 31.2.